The fourth-order valence-electron chi connectivity index (χ4n) is 1.77. The van der Waals surface area contributed by atoms with Crippen LogP contribution in [0.5, 0.6) is 0 Å². The molecule has 1 unspecified atom stereocenters. The van der Waals surface area contributed by atoms with Crippen molar-refractivity contribution < 1.29 is 5.11 Å². The van der Waals surface area contributed by atoms with Crippen molar-refractivity contribution in [1.29, 1.82) is 0 Å². The van der Waals surface area contributed by atoms with Gasteiger partial charge in [0.25, 0.3) is 0 Å². The summed E-state index contributed by atoms with van der Waals surface area (Å²) >= 11 is 2.25. The highest BCUT2D eigenvalue weighted by Crippen LogP contribution is 2.31. The molecule has 16 heavy (non-hydrogen) atoms. The maximum absolute atomic E-state index is 10.6. The molecule has 0 aromatic heterocycles. The van der Waals surface area contributed by atoms with Gasteiger partial charge in [0.05, 0.1) is 0 Å². The molecule has 0 saturated carbocycles. The number of benzene rings is 2. The summed E-state index contributed by atoms with van der Waals surface area (Å²) in [5.74, 6) is 0. The van der Waals surface area contributed by atoms with Crippen LogP contribution in [0.25, 0.3) is 0 Å². The predicted molar refractivity (Wildman–Crippen MR) is 74.3 cm³/mol. The summed E-state index contributed by atoms with van der Waals surface area (Å²) in [7, 11) is 0. The molecule has 0 aliphatic carbocycles. The Kier molecular flexibility index (Phi) is 3.30. The van der Waals surface area contributed by atoms with Gasteiger partial charge in [-0.25, -0.2) is 0 Å². The molecule has 0 spiro atoms. The van der Waals surface area contributed by atoms with E-state index in [1.807, 2.05) is 61.5 Å². The van der Waals surface area contributed by atoms with Gasteiger partial charge < -0.3 is 5.11 Å². The zero-order valence-corrected chi connectivity index (χ0v) is 11.2. The highest BCUT2D eigenvalue weighted by molar-refractivity contribution is 14.1. The fraction of sp³-hybridized carbons (Fsp3) is 0.143. The van der Waals surface area contributed by atoms with E-state index < -0.39 is 5.60 Å². The quantitative estimate of drug-likeness (QED) is 0.838. The van der Waals surface area contributed by atoms with E-state index in [2.05, 4.69) is 22.6 Å². The molecule has 2 heteroatoms. The van der Waals surface area contributed by atoms with Gasteiger partial charge in [0.1, 0.15) is 5.60 Å². The molecule has 0 amide bonds. The first-order chi connectivity index (χ1) is 7.62. The second kappa shape index (κ2) is 4.55. The van der Waals surface area contributed by atoms with Crippen LogP contribution in [0.4, 0.5) is 0 Å². The van der Waals surface area contributed by atoms with E-state index in [4.69, 9.17) is 0 Å². The molecule has 0 fully saturated rings. The molecule has 0 radical (unpaired) electrons. The van der Waals surface area contributed by atoms with Crippen LogP contribution in [0, 0.1) is 3.57 Å². The second-order valence-electron chi connectivity index (χ2n) is 3.92. The van der Waals surface area contributed by atoms with E-state index >= 15 is 0 Å². The SMILES string of the molecule is CC(O)(c1ccccc1)c1ccccc1I. The van der Waals surface area contributed by atoms with Crippen LogP contribution < -0.4 is 0 Å². The number of halogens is 1. The minimum Gasteiger partial charge on any atom is -0.381 e. The first-order valence-corrected chi connectivity index (χ1v) is 6.23. The normalized spacial score (nSPS) is 14.4. The molecule has 1 N–H and O–H groups in total. The van der Waals surface area contributed by atoms with E-state index in [1.165, 1.54) is 0 Å². The van der Waals surface area contributed by atoms with Gasteiger partial charge in [-0.1, -0.05) is 48.5 Å². The van der Waals surface area contributed by atoms with E-state index in [1.54, 1.807) is 0 Å². The van der Waals surface area contributed by atoms with Gasteiger partial charge in [-0.15, -0.1) is 0 Å². The Morgan fingerprint density at radius 3 is 2.12 bits per heavy atom. The largest absolute Gasteiger partial charge is 0.381 e. The minimum absolute atomic E-state index is 0.916. The van der Waals surface area contributed by atoms with Crippen molar-refractivity contribution in [2.45, 2.75) is 12.5 Å². The fourth-order valence-corrected chi connectivity index (χ4v) is 2.69. The summed E-state index contributed by atoms with van der Waals surface area (Å²) in [6, 6.07) is 17.6. The van der Waals surface area contributed by atoms with Crippen molar-refractivity contribution >= 4 is 22.6 Å². The Bertz CT molecular complexity index is 477. The monoisotopic (exact) mass is 324 g/mol. The van der Waals surface area contributed by atoms with Gasteiger partial charge in [-0.3, -0.25) is 0 Å². The molecular formula is C14H13IO. The van der Waals surface area contributed by atoms with Gasteiger partial charge in [0.15, 0.2) is 0 Å². The number of hydrogen-bond donors (Lipinski definition) is 1. The van der Waals surface area contributed by atoms with Crippen LogP contribution in [0.2, 0.25) is 0 Å². The molecule has 2 aromatic rings. The minimum atomic E-state index is -0.932. The molecule has 1 atom stereocenters. The summed E-state index contributed by atoms with van der Waals surface area (Å²) < 4.78 is 1.08. The zero-order chi connectivity index (χ0) is 11.6. The Balaban J connectivity index is 2.51. The molecule has 0 bridgehead atoms. The third-order valence-electron chi connectivity index (χ3n) is 2.73. The Hall–Kier alpha value is -0.870. The Morgan fingerprint density at radius 2 is 1.50 bits per heavy atom. The lowest BCUT2D eigenvalue weighted by Gasteiger charge is -2.25. The van der Waals surface area contributed by atoms with Crippen LogP contribution in [0.15, 0.2) is 54.6 Å². The first-order valence-electron chi connectivity index (χ1n) is 5.15. The molecular weight excluding hydrogens is 311 g/mol. The van der Waals surface area contributed by atoms with Gasteiger partial charge >= 0.3 is 0 Å². The predicted octanol–water partition coefficient (Wildman–Crippen LogP) is 3.55. The molecule has 2 aromatic carbocycles. The van der Waals surface area contributed by atoms with Gasteiger partial charge in [0, 0.05) is 9.13 Å². The number of hydrogen-bond acceptors (Lipinski definition) is 1. The maximum Gasteiger partial charge on any atom is 0.113 e. The van der Waals surface area contributed by atoms with Crippen molar-refractivity contribution in [2.24, 2.45) is 0 Å². The van der Waals surface area contributed by atoms with Gasteiger partial charge in [0.2, 0.25) is 0 Å². The Labute approximate surface area is 109 Å². The summed E-state index contributed by atoms with van der Waals surface area (Å²) in [5.41, 5.74) is 0.930. The topological polar surface area (TPSA) is 20.2 Å². The first kappa shape index (κ1) is 11.6. The second-order valence-corrected chi connectivity index (χ2v) is 5.08. The standard InChI is InChI=1S/C14H13IO/c1-14(16,11-7-3-2-4-8-11)12-9-5-6-10-13(12)15/h2-10,16H,1H3. The lowest BCUT2D eigenvalue weighted by molar-refractivity contribution is 0.101. The van der Waals surface area contributed by atoms with E-state index in [9.17, 15) is 5.11 Å². The van der Waals surface area contributed by atoms with Crippen molar-refractivity contribution in [1.82, 2.24) is 0 Å². The average Bonchev–Trinajstić information content (AvgIpc) is 2.30. The van der Waals surface area contributed by atoms with Crippen LogP contribution >= 0.6 is 22.6 Å². The van der Waals surface area contributed by atoms with Gasteiger partial charge in [-0.2, -0.15) is 0 Å². The summed E-state index contributed by atoms with van der Waals surface area (Å²) in [6.07, 6.45) is 0. The molecule has 0 aliphatic heterocycles. The smallest absolute Gasteiger partial charge is 0.113 e. The lowest BCUT2D eigenvalue weighted by atomic mass is 9.88. The average molecular weight is 324 g/mol. The van der Waals surface area contributed by atoms with Gasteiger partial charge in [-0.05, 0) is 41.1 Å². The third-order valence-corrected chi connectivity index (χ3v) is 3.67. The molecule has 0 aliphatic rings. The van der Waals surface area contributed by atoms with Crippen LogP contribution in [-0.2, 0) is 5.60 Å². The van der Waals surface area contributed by atoms with Crippen LogP contribution in [-0.4, -0.2) is 5.11 Å². The molecule has 0 heterocycles. The van der Waals surface area contributed by atoms with Crippen LogP contribution in [0.3, 0.4) is 0 Å². The molecule has 2 rings (SSSR count). The highest BCUT2D eigenvalue weighted by atomic mass is 127. The van der Waals surface area contributed by atoms with Crippen LogP contribution in [0.1, 0.15) is 18.1 Å². The van der Waals surface area contributed by atoms with E-state index in [0.717, 1.165) is 14.7 Å². The van der Waals surface area contributed by atoms with E-state index in [-0.39, 0.29) is 0 Å². The maximum atomic E-state index is 10.6. The highest BCUT2D eigenvalue weighted by Gasteiger charge is 2.26. The Morgan fingerprint density at radius 1 is 0.938 bits per heavy atom. The number of aliphatic hydroxyl groups is 1. The van der Waals surface area contributed by atoms with Crippen molar-refractivity contribution in [2.75, 3.05) is 0 Å². The number of rotatable bonds is 2. The molecule has 1 nitrogen and oxygen atoms in total. The molecule has 82 valence electrons. The van der Waals surface area contributed by atoms with Crippen molar-refractivity contribution in [3.8, 4) is 0 Å². The summed E-state index contributed by atoms with van der Waals surface area (Å²) in [4.78, 5) is 0. The summed E-state index contributed by atoms with van der Waals surface area (Å²) in [6.45, 7) is 1.83. The summed E-state index contributed by atoms with van der Waals surface area (Å²) in [5, 5.41) is 10.6. The van der Waals surface area contributed by atoms with E-state index in [0.29, 0.717) is 0 Å². The zero-order valence-electron chi connectivity index (χ0n) is 9.02. The third kappa shape index (κ3) is 2.13. The molecule has 0 saturated heterocycles. The van der Waals surface area contributed by atoms with Crippen molar-refractivity contribution in [3.05, 3.63) is 69.3 Å². The lowest BCUT2D eigenvalue weighted by Crippen LogP contribution is -2.23. The van der Waals surface area contributed by atoms with Crippen molar-refractivity contribution in [3.63, 3.8) is 0 Å².